The first-order valence-electron chi connectivity index (χ1n) is 9.39. The molecule has 25 heavy (non-hydrogen) atoms. The first-order chi connectivity index (χ1) is 11.6. The van der Waals surface area contributed by atoms with E-state index in [9.17, 15) is 0 Å². The third-order valence-corrected chi connectivity index (χ3v) is 3.99. The van der Waals surface area contributed by atoms with Crippen molar-refractivity contribution >= 4 is 5.82 Å². The van der Waals surface area contributed by atoms with Crippen LogP contribution in [0.2, 0.25) is 0 Å². The molecule has 0 spiro atoms. The maximum atomic E-state index is 5.84. The van der Waals surface area contributed by atoms with Gasteiger partial charge in [-0.2, -0.15) is 0 Å². The Morgan fingerprint density at radius 1 is 0.960 bits per heavy atom. The number of aromatic nitrogens is 1. The molecule has 1 aliphatic heterocycles. The van der Waals surface area contributed by atoms with Gasteiger partial charge in [0.1, 0.15) is 17.2 Å². The first-order valence-corrected chi connectivity index (χ1v) is 9.39. The number of piperazine rings is 1. The SMILES string of the molecule is CC(C)(C)OCCCN1CCN(c2ccc(OC(C)(C)C)cn2)CC1. The van der Waals surface area contributed by atoms with Crippen LogP contribution in [0, 0.1) is 0 Å². The van der Waals surface area contributed by atoms with E-state index >= 15 is 0 Å². The Morgan fingerprint density at radius 2 is 1.64 bits per heavy atom. The molecule has 0 unspecified atom stereocenters. The fraction of sp³-hybridized carbons (Fsp3) is 0.750. The Hall–Kier alpha value is -1.33. The van der Waals surface area contributed by atoms with Crippen LogP contribution >= 0.6 is 0 Å². The van der Waals surface area contributed by atoms with E-state index < -0.39 is 0 Å². The third-order valence-electron chi connectivity index (χ3n) is 3.99. The monoisotopic (exact) mass is 349 g/mol. The second-order valence-corrected chi connectivity index (χ2v) is 8.71. The maximum Gasteiger partial charge on any atom is 0.138 e. The van der Waals surface area contributed by atoms with Gasteiger partial charge < -0.3 is 14.4 Å². The lowest BCUT2D eigenvalue weighted by Gasteiger charge is -2.35. The second kappa shape index (κ2) is 8.37. The van der Waals surface area contributed by atoms with Crippen LogP contribution in [0.5, 0.6) is 5.75 Å². The van der Waals surface area contributed by atoms with E-state index in [1.54, 1.807) is 0 Å². The Morgan fingerprint density at radius 3 is 2.16 bits per heavy atom. The zero-order chi connectivity index (χ0) is 18.5. The highest BCUT2D eigenvalue weighted by atomic mass is 16.5. The highest BCUT2D eigenvalue weighted by molar-refractivity contribution is 5.41. The molecule has 0 radical (unpaired) electrons. The average Bonchev–Trinajstić information content (AvgIpc) is 2.51. The fourth-order valence-corrected chi connectivity index (χ4v) is 2.84. The van der Waals surface area contributed by atoms with Crippen molar-refractivity contribution < 1.29 is 9.47 Å². The van der Waals surface area contributed by atoms with Crippen molar-refractivity contribution in [2.24, 2.45) is 0 Å². The van der Waals surface area contributed by atoms with Gasteiger partial charge in [-0.15, -0.1) is 0 Å². The molecule has 1 fully saturated rings. The minimum atomic E-state index is -0.189. The summed E-state index contributed by atoms with van der Waals surface area (Å²) in [5.41, 5.74) is -0.223. The van der Waals surface area contributed by atoms with Gasteiger partial charge in [0.25, 0.3) is 0 Å². The summed E-state index contributed by atoms with van der Waals surface area (Å²) in [7, 11) is 0. The number of hydrogen-bond acceptors (Lipinski definition) is 5. The maximum absolute atomic E-state index is 5.84. The van der Waals surface area contributed by atoms with Gasteiger partial charge in [0.15, 0.2) is 0 Å². The van der Waals surface area contributed by atoms with E-state index in [4.69, 9.17) is 9.47 Å². The molecule has 0 bridgehead atoms. The largest absolute Gasteiger partial charge is 0.487 e. The number of ether oxygens (including phenoxy) is 2. The molecular formula is C20H35N3O2. The van der Waals surface area contributed by atoms with Crippen molar-refractivity contribution in [2.45, 2.75) is 59.2 Å². The van der Waals surface area contributed by atoms with Crippen LogP contribution in [0.15, 0.2) is 18.3 Å². The highest BCUT2D eigenvalue weighted by Crippen LogP contribution is 2.21. The van der Waals surface area contributed by atoms with Crippen molar-refractivity contribution in [2.75, 3.05) is 44.2 Å². The molecular weight excluding hydrogens is 314 g/mol. The summed E-state index contributed by atoms with van der Waals surface area (Å²) in [6.07, 6.45) is 2.92. The smallest absolute Gasteiger partial charge is 0.138 e. The number of pyridine rings is 1. The van der Waals surface area contributed by atoms with Crippen molar-refractivity contribution in [1.29, 1.82) is 0 Å². The summed E-state index contributed by atoms with van der Waals surface area (Å²) >= 11 is 0. The summed E-state index contributed by atoms with van der Waals surface area (Å²) in [6.45, 7) is 18.6. The van der Waals surface area contributed by atoms with Crippen molar-refractivity contribution in [3.05, 3.63) is 18.3 Å². The number of hydrogen-bond donors (Lipinski definition) is 0. The summed E-state index contributed by atoms with van der Waals surface area (Å²) in [6, 6.07) is 4.08. The van der Waals surface area contributed by atoms with Crippen LogP contribution in [-0.2, 0) is 4.74 Å². The van der Waals surface area contributed by atoms with Gasteiger partial charge in [0, 0.05) is 39.3 Å². The number of rotatable bonds is 6. The third kappa shape index (κ3) is 7.61. The van der Waals surface area contributed by atoms with E-state index in [0.717, 1.165) is 57.3 Å². The lowest BCUT2D eigenvalue weighted by atomic mass is 10.2. The van der Waals surface area contributed by atoms with Crippen LogP contribution in [0.1, 0.15) is 48.0 Å². The molecule has 1 aromatic heterocycles. The normalized spacial score (nSPS) is 17.0. The van der Waals surface area contributed by atoms with Gasteiger partial charge in [-0.25, -0.2) is 4.98 Å². The number of nitrogens with zero attached hydrogens (tertiary/aromatic N) is 3. The van der Waals surface area contributed by atoms with Gasteiger partial charge in [-0.05, 0) is 60.1 Å². The van der Waals surface area contributed by atoms with Crippen molar-refractivity contribution in [3.8, 4) is 5.75 Å². The second-order valence-electron chi connectivity index (χ2n) is 8.71. The average molecular weight is 350 g/mol. The zero-order valence-electron chi connectivity index (χ0n) is 16.8. The van der Waals surface area contributed by atoms with Gasteiger partial charge in [0.2, 0.25) is 0 Å². The summed E-state index contributed by atoms with van der Waals surface area (Å²) < 4.78 is 11.6. The first kappa shape index (κ1) is 20.0. The lowest BCUT2D eigenvalue weighted by Crippen LogP contribution is -2.47. The summed E-state index contributed by atoms with van der Waals surface area (Å²) in [5.74, 6) is 1.87. The molecule has 1 aromatic rings. The summed E-state index contributed by atoms with van der Waals surface area (Å²) in [4.78, 5) is 9.44. The predicted molar refractivity (Wildman–Crippen MR) is 104 cm³/mol. The molecule has 1 saturated heterocycles. The van der Waals surface area contributed by atoms with Gasteiger partial charge in [-0.1, -0.05) is 0 Å². The molecule has 5 heteroatoms. The van der Waals surface area contributed by atoms with Crippen LogP contribution in [0.3, 0.4) is 0 Å². The van der Waals surface area contributed by atoms with Crippen LogP contribution in [0.4, 0.5) is 5.82 Å². The van der Waals surface area contributed by atoms with E-state index in [1.165, 1.54) is 0 Å². The molecule has 0 saturated carbocycles. The molecule has 5 nitrogen and oxygen atoms in total. The molecule has 0 aromatic carbocycles. The highest BCUT2D eigenvalue weighted by Gasteiger charge is 2.19. The molecule has 0 aliphatic carbocycles. The van der Waals surface area contributed by atoms with E-state index in [1.807, 2.05) is 33.0 Å². The summed E-state index contributed by atoms with van der Waals surface area (Å²) in [5, 5.41) is 0. The Bertz CT molecular complexity index is 509. The Balaban J connectivity index is 1.72. The molecule has 2 heterocycles. The minimum Gasteiger partial charge on any atom is -0.487 e. The van der Waals surface area contributed by atoms with Crippen LogP contribution < -0.4 is 9.64 Å². The van der Waals surface area contributed by atoms with Gasteiger partial charge in [-0.3, -0.25) is 4.90 Å². The van der Waals surface area contributed by atoms with E-state index in [0.29, 0.717) is 0 Å². The van der Waals surface area contributed by atoms with Gasteiger partial charge >= 0.3 is 0 Å². The molecule has 0 N–H and O–H groups in total. The number of anilines is 1. The Labute approximate surface area is 153 Å². The van der Waals surface area contributed by atoms with E-state index in [-0.39, 0.29) is 11.2 Å². The molecule has 142 valence electrons. The predicted octanol–water partition coefficient (Wildman–Crippen LogP) is 3.59. The molecule has 0 amide bonds. The lowest BCUT2D eigenvalue weighted by molar-refractivity contribution is -0.00703. The topological polar surface area (TPSA) is 37.8 Å². The Kier molecular flexibility index (Phi) is 6.69. The zero-order valence-corrected chi connectivity index (χ0v) is 16.8. The molecule has 1 aliphatic rings. The fourth-order valence-electron chi connectivity index (χ4n) is 2.84. The van der Waals surface area contributed by atoms with Crippen molar-refractivity contribution in [3.63, 3.8) is 0 Å². The molecule has 0 atom stereocenters. The minimum absolute atomic E-state index is 0.0345. The van der Waals surface area contributed by atoms with Gasteiger partial charge in [0.05, 0.1) is 11.8 Å². The van der Waals surface area contributed by atoms with Crippen molar-refractivity contribution in [1.82, 2.24) is 9.88 Å². The van der Waals surface area contributed by atoms with E-state index in [2.05, 4.69) is 41.6 Å². The quantitative estimate of drug-likeness (QED) is 0.734. The van der Waals surface area contributed by atoms with Crippen LogP contribution in [-0.4, -0.2) is 60.4 Å². The molecule has 2 rings (SSSR count). The van der Waals surface area contributed by atoms with Crippen LogP contribution in [0.25, 0.3) is 0 Å². The standard InChI is InChI=1S/C20H35N3O2/c1-19(2,3)24-15-7-10-22-11-13-23(14-12-22)18-9-8-17(16-21-18)25-20(4,5)6/h8-9,16H,7,10-15H2,1-6H3.